The first-order valence-corrected chi connectivity index (χ1v) is 15.6. The number of rotatable bonds is 9. The topological polar surface area (TPSA) is 105 Å². The molecule has 10 heteroatoms. The number of aromatic nitrogens is 1. The monoisotopic (exact) mass is 648 g/mol. The lowest BCUT2D eigenvalue weighted by atomic mass is 9.96. The van der Waals surface area contributed by atoms with E-state index in [0.29, 0.717) is 41.7 Å². The summed E-state index contributed by atoms with van der Waals surface area (Å²) in [7, 11) is 7.29. The van der Waals surface area contributed by atoms with Crippen LogP contribution in [-0.4, -0.2) is 56.6 Å². The van der Waals surface area contributed by atoms with Gasteiger partial charge in [0.05, 0.1) is 36.9 Å². The number of nitrogens with two attached hydrogens (primary N) is 1. The number of primary amides is 1. The van der Waals surface area contributed by atoms with Gasteiger partial charge in [-0.15, -0.1) is 0 Å². The smallest absolute Gasteiger partial charge is 0.250 e. The zero-order chi connectivity index (χ0) is 33.2. The Kier molecular flexibility index (Phi) is 9.02. The third-order valence-electron chi connectivity index (χ3n) is 8.33. The third kappa shape index (κ3) is 6.19. The number of halogens is 1. The van der Waals surface area contributed by atoms with E-state index in [1.165, 1.54) is 0 Å². The van der Waals surface area contributed by atoms with E-state index in [2.05, 4.69) is 40.2 Å². The van der Waals surface area contributed by atoms with Crippen LogP contribution in [-0.2, 0) is 13.1 Å². The van der Waals surface area contributed by atoms with Crippen molar-refractivity contribution in [2.24, 2.45) is 10.7 Å². The molecule has 6 rings (SSSR count). The molecule has 240 valence electrons. The van der Waals surface area contributed by atoms with Crippen LogP contribution in [0.5, 0.6) is 11.5 Å². The Labute approximate surface area is 279 Å². The molecule has 2 heterocycles. The minimum absolute atomic E-state index is 0.269. The maximum Gasteiger partial charge on any atom is 0.250 e. The molecule has 1 aromatic heterocycles. The maximum atomic E-state index is 12.9. The van der Waals surface area contributed by atoms with Crippen LogP contribution in [0.2, 0.25) is 5.02 Å². The number of carbonyl (C=O) groups is 1. The van der Waals surface area contributed by atoms with Crippen molar-refractivity contribution in [3.63, 3.8) is 0 Å². The second kappa shape index (κ2) is 13.3. The van der Waals surface area contributed by atoms with Gasteiger partial charge in [0, 0.05) is 57.8 Å². The molecule has 1 aliphatic rings. The molecule has 47 heavy (non-hydrogen) atoms. The van der Waals surface area contributed by atoms with E-state index in [1.807, 2.05) is 68.8 Å². The van der Waals surface area contributed by atoms with Crippen LogP contribution in [0.4, 0.5) is 11.4 Å². The minimum Gasteiger partial charge on any atom is -0.497 e. The summed E-state index contributed by atoms with van der Waals surface area (Å²) < 4.78 is 11.0. The van der Waals surface area contributed by atoms with Crippen molar-refractivity contribution in [1.29, 1.82) is 0 Å². The highest BCUT2D eigenvalue weighted by Gasteiger charge is 2.28. The Morgan fingerprint density at radius 1 is 0.979 bits per heavy atom. The summed E-state index contributed by atoms with van der Waals surface area (Å²) in [5.41, 5.74) is 13.6. The predicted octanol–water partition coefficient (Wildman–Crippen LogP) is 6.69. The van der Waals surface area contributed by atoms with Crippen LogP contribution in [0.15, 0.2) is 84.0 Å². The third-order valence-corrected chi connectivity index (χ3v) is 8.70. The Balaban J connectivity index is 1.44. The van der Waals surface area contributed by atoms with E-state index in [0.717, 1.165) is 55.0 Å². The highest BCUT2D eigenvalue weighted by Crippen LogP contribution is 2.42. The molecule has 0 saturated carbocycles. The molecule has 5 aromatic rings. The van der Waals surface area contributed by atoms with Crippen LogP contribution >= 0.6 is 11.6 Å². The Morgan fingerprint density at radius 3 is 2.55 bits per heavy atom. The van der Waals surface area contributed by atoms with Gasteiger partial charge in [0.2, 0.25) is 0 Å². The average Bonchev–Trinajstić information content (AvgIpc) is 3.07. The van der Waals surface area contributed by atoms with Crippen LogP contribution in [0.3, 0.4) is 0 Å². The molecule has 1 aliphatic heterocycles. The first-order valence-electron chi connectivity index (χ1n) is 15.2. The van der Waals surface area contributed by atoms with Crippen LogP contribution in [0.1, 0.15) is 32.6 Å². The zero-order valence-corrected chi connectivity index (χ0v) is 27.9. The van der Waals surface area contributed by atoms with Gasteiger partial charge < -0.3 is 30.3 Å². The first-order chi connectivity index (χ1) is 22.7. The van der Waals surface area contributed by atoms with Crippen LogP contribution in [0.25, 0.3) is 22.0 Å². The summed E-state index contributed by atoms with van der Waals surface area (Å²) in [6, 6.07) is 23.5. The Morgan fingerprint density at radius 2 is 1.81 bits per heavy atom. The molecule has 1 amide bonds. The van der Waals surface area contributed by atoms with Gasteiger partial charge in [0.25, 0.3) is 5.91 Å². The minimum atomic E-state index is -0.514. The van der Waals surface area contributed by atoms with E-state index in [9.17, 15) is 4.79 Å². The molecule has 0 saturated heterocycles. The fourth-order valence-corrected chi connectivity index (χ4v) is 6.33. The number of amides is 1. The normalized spacial score (nSPS) is 12.6. The second-order valence-electron chi connectivity index (χ2n) is 11.7. The number of hydrogen-bond acceptors (Lipinski definition) is 8. The van der Waals surface area contributed by atoms with Gasteiger partial charge in [-0.1, -0.05) is 35.9 Å². The molecule has 0 aliphatic carbocycles. The largest absolute Gasteiger partial charge is 0.497 e. The molecule has 3 N–H and O–H groups in total. The number of aliphatic imine (C=N–C) groups is 1. The van der Waals surface area contributed by atoms with Crippen molar-refractivity contribution in [2.75, 3.05) is 39.9 Å². The molecule has 0 fully saturated rings. The van der Waals surface area contributed by atoms with E-state index in [4.69, 9.17) is 36.8 Å². The van der Waals surface area contributed by atoms with Gasteiger partial charge in [-0.2, -0.15) is 0 Å². The summed E-state index contributed by atoms with van der Waals surface area (Å²) in [6.07, 6.45) is 1.82. The fraction of sp³-hybridized carbons (Fsp3) is 0.216. The average molecular weight is 649 g/mol. The number of pyridine rings is 1. The van der Waals surface area contributed by atoms with Crippen molar-refractivity contribution < 1.29 is 14.3 Å². The van der Waals surface area contributed by atoms with Crippen molar-refractivity contribution in [1.82, 2.24) is 15.2 Å². The number of methoxy groups -OCH3 is 2. The number of anilines is 2. The highest BCUT2D eigenvalue weighted by molar-refractivity contribution is 6.31. The lowest BCUT2D eigenvalue weighted by molar-refractivity contribution is 0.100. The maximum absolute atomic E-state index is 12.9. The summed E-state index contributed by atoms with van der Waals surface area (Å²) >= 11 is 6.56. The van der Waals surface area contributed by atoms with Gasteiger partial charge in [-0.25, -0.2) is 4.99 Å². The standard InChI is InChI=1S/C37H37ClN6O3/c1-22-9-13-27-28(15-16-40-33(27)23-11-14-31(38)25(17-23)20-43(2)3)34(22)44-21-42-37(30-8-6-7-29(35(30)44)36(39)45)41-19-24-10-12-26(46-4)18-32(24)47-5/h6-18H,19-21H2,1-5H3,(H2,39,45)(H,41,42). The molecule has 0 unspecified atom stereocenters. The number of aryl methyl sites for hydroxylation is 1. The van der Waals surface area contributed by atoms with Gasteiger partial charge >= 0.3 is 0 Å². The molecule has 0 bridgehead atoms. The summed E-state index contributed by atoms with van der Waals surface area (Å²) in [6.45, 7) is 3.49. The number of fused-ring (bicyclic) bond motifs is 2. The van der Waals surface area contributed by atoms with Gasteiger partial charge in [0.1, 0.15) is 24.0 Å². The van der Waals surface area contributed by atoms with Gasteiger partial charge in [-0.3, -0.25) is 9.78 Å². The molecular weight excluding hydrogens is 612 g/mol. The van der Waals surface area contributed by atoms with E-state index in [1.54, 1.807) is 20.3 Å². The van der Waals surface area contributed by atoms with E-state index < -0.39 is 5.91 Å². The molecule has 0 spiro atoms. The lowest BCUT2D eigenvalue weighted by Gasteiger charge is -2.33. The number of benzene rings is 4. The Hall–Kier alpha value is -5.12. The second-order valence-corrected chi connectivity index (χ2v) is 12.1. The molecule has 0 atom stereocenters. The van der Waals surface area contributed by atoms with Crippen molar-refractivity contribution in [3.8, 4) is 22.8 Å². The predicted molar refractivity (Wildman–Crippen MR) is 189 cm³/mol. The number of nitrogens with one attached hydrogen (secondary N) is 1. The SMILES string of the molecule is COc1ccc(CNC2=NCN(c3c(C)ccc4c(-c5ccc(Cl)c(CN(C)C)c5)nccc34)c3c(C(N)=O)cccc32)c(OC)c1. The molecule has 4 aromatic carbocycles. The Bertz CT molecular complexity index is 2030. The first kappa shape index (κ1) is 31.8. The summed E-state index contributed by atoms with van der Waals surface area (Å²) in [4.78, 5) is 26.9. The van der Waals surface area contributed by atoms with Crippen molar-refractivity contribution in [2.45, 2.75) is 20.0 Å². The molecular formula is C37H37ClN6O3. The lowest BCUT2D eigenvalue weighted by Crippen LogP contribution is -2.35. The van der Waals surface area contributed by atoms with E-state index in [-0.39, 0.29) is 6.67 Å². The summed E-state index contributed by atoms with van der Waals surface area (Å²) in [5.74, 6) is 1.56. The molecule has 9 nitrogen and oxygen atoms in total. The van der Waals surface area contributed by atoms with Crippen LogP contribution in [0, 0.1) is 6.92 Å². The van der Waals surface area contributed by atoms with Crippen molar-refractivity contribution >= 4 is 45.5 Å². The summed E-state index contributed by atoms with van der Waals surface area (Å²) in [5, 5.41) is 6.16. The van der Waals surface area contributed by atoms with Crippen molar-refractivity contribution in [3.05, 3.63) is 112 Å². The highest BCUT2D eigenvalue weighted by atomic mass is 35.5. The van der Waals surface area contributed by atoms with Gasteiger partial charge in [-0.05, 0) is 74.6 Å². The fourth-order valence-electron chi connectivity index (χ4n) is 6.15. The zero-order valence-electron chi connectivity index (χ0n) is 27.1. The number of nitrogens with zero attached hydrogens (tertiary/aromatic N) is 4. The number of para-hydroxylation sites is 1. The quantitative estimate of drug-likeness (QED) is 0.184. The van der Waals surface area contributed by atoms with Crippen LogP contribution < -0.4 is 25.4 Å². The number of hydrogen-bond donors (Lipinski definition) is 2. The molecule has 0 radical (unpaired) electrons. The number of ether oxygens (including phenoxy) is 2. The number of amidine groups is 1. The van der Waals surface area contributed by atoms with E-state index >= 15 is 0 Å². The number of carbonyl (C=O) groups excluding carboxylic acids is 1. The van der Waals surface area contributed by atoms with Gasteiger partial charge in [0.15, 0.2) is 0 Å².